The van der Waals surface area contributed by atoms with Gasteiger partial charge in [-0.15, -0.1) is 13.2 Å². The van der Waals surface area contributed by atoms with Gasteiger partial charge in [0.2, 0.25) is 5.91 Å². The van der Waals surface area contributed by atoms with Gasteiger partial charge < -0.3 is 10.1 Å². The van der Waals surface area contributed by atoms with Crippen LogP contribution in [-0.4, -0.2) is 12.3 Å². The van der Waals surface area contributed by atoms with Crippen LogP contribution in [0.5, 0.6) is 5.75 Å². The molecule has 3 nitrogen and oxygen atoms in total. The molecule has 1 amide bonds. The molecule has 1 rings (SSSR count). The highest BCUT2D eigenvalue weighted by Crippen LogP contribution is 2.25. The van der Waals surface area contributed by atoms with Crippen molar-refractivity contribution in [3.05, 3.63) is 29.8 Å². The summed E-state index contributed by atoms with van der Waals surface area (Å²) < 4.78 is 40.3. The van der Waals surface area contributed by atoms with Crippen molar-refractivity contribution >= 4 is 5.91 Å². The van der Waals surface area contributed by atoms with Crippen molar-refractivity contribution in [3.63, 3.8) is 0 Å². The molecular formula is C12H14F3NO2. The molecule has 18 heavy (non-hydrogen) atoms. The van der Waals surface area contributed by atoms with Crippen molar-refractivity contribution in [1.82, 2.24) is 5.32 Å². The number of halogens is 3. The molecule has 0 saturated carbocycles. The van der Waals surface area contributed by atoms with Gasteiger partial charge in [-0.3, -0.25) is 4.79 Å². The van der Waals surface area contributed by atoms with Crippen molar-refractivity contribution in [2.75, 3.05) is 0 Å². The average molecular weight is 261 g/mol. The van der Waals surface area contributed by atoms with E-state index in [1.165, 1.54) is 18.2 Å². The minimum absolute atomic E-state index is 0.0189. The molecule has 0 bridgehead atoms. The summed E-state index contributed by atoms with van der Waals surface area (Å²) in [5.41, 5.74) is 0.291. The van der Waals surface area contributed by atoms with Gasteiger partial charge in [-0.25, -0.2) is 0 Å². The van der Waals surface area contributed by atoms with Crippen molar-refractivity contribution in [3.8, 4) is 5.75 Å². The summed E-state index contributed by atoms with van der Waals surface area (Å²) in [5, 5.41) is 2.54. The van der Waals surface area contributed by atoms with Gasteiger partial charge >= 0.3 is 6.36 Å². The lowest BCUT2D eigenvalue weighted by molar-refractivity contribution is -0.274. The van der Waals surface area contributed by atoms with Crippen molar-refractivity contribution < 1.29 is 22.7 Å². The second-order valence-electron chi connectivity index (χ2n) is 3.68. The Morgan fingerprint density at radius 1 is 1.33 bits per heavy atom. The Hall–Kier alpha value is -1.72. The number of amides is 1. The fraction of sp³-hybridized carbons (Fsp3) is 0.417. The van der Waals surface area contributed by atoms with Crippen LogP contribution in [0, 0.1) is 0 Å². The van der Waals surface area contributed by atoms with Gasteiger partial charge in [-0.2, -0.15) is 0 Å². The largest absolute Gasteiger partial charge is 0.573 e. The van der Waals surface area contributed by atoms with Crippen LogP contribution in [0.15, 0.2) is 24.3 Å². The third-order valence-corrected chi connectivity index (χ3v) is 2.15. The third kappa shape index (κ3) is 5.07. The maximum Gasteiger partial charge on any atom is 0.573 e. The molecule has 0 aliphatic carbocycles. The van der Waals surface area contributed by atoms with Crippen LogP contribution in [0.1, 0.15) is 25.3 Å². The Labute approximate surface area is 103 Å². The minimum atomic E-state index is -4.73. The van der Waals surface area contributed by atoms with E-state index in [1.807, 2.05) is 6.92 Å². The van der Waals surface area contributed by atoms with Crippen molar-refractivity contribution in [2.24, 2.45) is 0 Å². The Bertz CT molecular complexity index is 405. The molecule has 100 valence electrons. The first-order chi connectivity index (χ1) is 8.42. The second kappa shape index (κ2) is 6.28. The topological polar surface area (TPSA) is 38.3 Å². The van der Waals surface area contributed by atoms with Gasteiger partial charge in [0.1, 0.15) is 5.75 Å². The van der Waals surface area contributed by atoms with Crippen LogP contribution in [-0.2, 0) is 11.3 Å². The molecule has 0 aliphatic rings. The van der Waals surface area contributed by atoms with E-state index in [0.29, 0.717) is 18.4 Å². The molecule has 1 aromatic rings. The number of nitrogens with one attached hydrogen (secondary N) is 1. The highest BCUT2D eigenvalue weighted by molar-refractivity contribution is 5.75. The first kappa shape index (κ1) is 14.3. The first-order valence-corrected chi connectivity index (χ1v) is 5.52. The summed E-state index contributed by atoms with van der Waals surface area (Å²) in [7, 11) is 0. The highest BCUT2D eigenvalue weighted by atomic mass is 19.4. The standard InChI is InChI=1S/C12H14F3NO2/c1-2-5-11(17)16-8-9-6-3-4-7-10(9)18-12(13,14)15/h3-4,6-7H,2,5,8H2,1H3,(H,16,17). The molecule has 0 aromatic heterocycles. The number of hydrogen-bond acceptors (Lipinski definition) is 2. The first-order valence-electron chi connectivity index (χ1n) is 5.52. The zero-order chi connectivity index (χ0) is 13.6. The Kier molecular flexibility index (Phi) is 5.00. The van der Waals surface area contributed by atoms with Gasteiger partial charge in [-0.05, 0) is 12.5 Å². The molecule has 0 spiro atoms. The number of hydrogen-bond donors (Lipinski definition) is 1. The van der Waals surface area contributed by atoms with Gasteiger partial charge in [0, 0.05) is 18.5 Å². The van der Waals surface area contributed by atoms with Crippen LogP contribution in [0.25, 0.3) is 0 Å². The van der Waals surface area contributed by atoms with Crippen LogP contribution < -0.4 is 10.1 Å². The molecule has 0 saturated heterocycles. The molecule has 0 atom stereocenters. The number of benzene rings is 1. The quantitative estimate of drug-likeness (QED) is 0.884. The summed E-state index contributed by atoms with van der Waals surface area (Å²) in [6, 6.07) is 5.73. The summed E-state index contributed by atoms with van der Waals surface area (Å²) in [6.07, 6.45) is -3.70. The van der Waals surface area contributed by atoms with E-state index in [9.17, 15) is 18.0 Å². The zero-order valence-corrected chi connectivity index (χ0v) is 9.88. The van der Waals surface area contributed by atoms with Gasteiger partial charge in [0.15, 0.2) is 0 Å². The monoisotopic (exact) mass is 261 g/mol. The molecule has 0 fully saturated rings. The number of alkyl halides is 3. The maximum atomic E-state index is 12.1. The van der Waals surface area contributed by atoms with E-state index in [4.69, 9.17) is 0 Å². The van der Waals surface area contributed by atoms with Crippen LogP contribution in [0.3, 0.4) is 0 Å². The van der Waals surface area contributed by atoms with E-state index in [-0.39, 0.29) is 18.2 Å². The predicted octanol–water partition coefficient (Wildman–Crippen LogP) is 3.00. The summed E-state index contributed by atoms with van der Waals surface area (Å²) in [4.78, 5) is 11.2. The lowest BCUT2D eigenvalue weighted by Gasteiger charge is -2.13. The molecule has 0 radical (unpaired) electrons. The van der Waals surface area contributed by atoms with Crippen molar-refractivity contribution in [2.45, 2.75) is 32.7 Å². The van der Waals surface area contributed by atoms with Crippen LogP contribution in [0.2, 0.25) is 0 Å². The number of ether oxygens (including phenoxy) is 1. The van der Waals surface area contributed by atoms with Gasteiger partial charge in [-0.1, -0.05) is 25.1 Å². The lowest BCUT2D eigenvalue weighted by Crippen LogP contribution is -2.24. The van der Waals surface area contributed by atoms with E-state index >= 15 is 0 Å². The van der Waals surface area contributed by atoms with E-state index in [2.05, 4.69) is 10.1 Å². The molecule has 0 aliphatic heterocycles. The SMILES string of the molecule is CCCC(=O)NCc1ccccc1OC(F)(F)F. The molecule has 1 aromatic carbocycles. The highest BCUT2D eigenvalue weighted by Gasteiger charge is 2.31. The minimum Gasteiger partial charge on any atom is -0.405 e. The normalized spacial score (nSPS) is 11.1. The van der Waals surface area contributed by atoms with Gasteiger partial charge in [0.05, 0.1) is 0 Å². The van der Waals surface area contributed by atoms with Crippen LogP contribution in [0.4, 0.5) is 13.2 Å². The summed E-state index contributed by atoms with van der Waals surface area (Å²) in [6.45, 7) is 1.87. The molecule has 1 N–H and O–H groups in total. The summed E-state index contributed by atoms with van der Waals surface area (Å²) >= 11 is 0. The Morgan fingerprint density at radius 2 is 2.00 bits per heavy atom. The molecule has 0 heterocycles. The Morgan fingerprint density at radius 3 is 2.61 bits per heavy atom. The number of carbonyl (C=O) groups excluding carboxylic acids is 1. The average Bonchev–Trinajstić information content (AvgIpc) is 2.26. The predicted molar refractivity (Wildman–Crippen MR) is 59.9 cm³/mol. The third-order valence-electron chi connectivity index (χ3n) is 2.15. The molecule has 6 heteroatoms. The maximum absolute atomic E-state index is 12.1. The van der Waals surface area contributed by atoms with Crippen LogP contribution >= 0.6 is 0 Å². The number of carbonyl (C=O) groups is 1. The smallest absolute Gasteiger partial charge is 0.405 e. The second-order valence-corrected chi connectivity index (χ2v) is 3.68. The fourth-order valence-corrected chi connectivity index (χ4v) is 1.38. The lowest BCUT2D eigenvalue weighted by atomic mass is 10.2. The summed E-state index contributed by atoms with van der Waals surface area (Å²) in [5.74, 6) is -0.485. The Balaban J connectivity index is 2.67. The fourth-order valence-electron chi connectivity index (χ4n) is 1.38. The van der Waals surface area contributed by atoms with Gasteiger partial charge in [0.25, 0.3) is 0 Å². The zero-order valence-electron chi connectivity index (χ0n) is 9.88. The van der Waals surface area contributed by atoms with E-state index in [0.717, 1.165) is 0 Å². The number of rotatable bonds is 5. The van der Waals surface area contributed by atoms with E-state index in [1.54, 1.807) is 6.07 Å². The molecular weight excluding hydrogens is 247 g/mol. The van der Waals surface area contributed by atoms with Crippen molar-refractivity contribution in [1.29, 1.82) is 0 Å². The molecule has 0 unspecified atom stereocenters. The number of para-hydroxylation sites is 1. The van der Waals surface area contributed by atoms with E-state index < -0.39 is 6.36 Å².